The first-order valence-corrected chi connectivity index (χ1v) is 10.6. The van der Waals surface area contributed by atoms with Gasteiger partial charge in [0, 0.05) is 69.1 Å². The summed E-state index contributed by atoms with van der Waals surface area (Å²) in [5.41, 5.74) is 3.42. The Morgan fingerprint density at radius 1 is 1.00 bits per heavy atom. The number of piperazine rings is 1. The van der Waals surface area contributed by atoms with Gasteiger partial charge in [-0.15, -0.1) is 0 Å². The van der Waals surface area contributed by atoms with Crippen molar-refractivity contribution in [2.45, 2.75) is 39.3 Å². The summed E-state index contributed by atoms with van der Waals surface area (Å²) in [4.78, 5) is 34.2. The van der Waals surface area contributed by atoms with Crippen LogP contribution in [0.25, 0.3) is 11.0 Å². The maximum Gasteiger partial charge on any atom is 0.217 e. The number of fused-ring (bicyclic) bond motifs is 1. The van der Waals surface area contributed by atoms with Gasteiger partial charge < -0.3 is 10.2 Å². The molecule has 4 rings (SSSR count). The van der Waals surface area contributed by atoms with Crippen molar-refractivity contribution < 1.29 is 4.79 Å². The van der Waals surface area contributed by atoms with Crippen molar-refractivity contribution in [1.82, 2.24) is 30.2 Å². The van der Waals surface area contributed by atoms with Gasteiger partial charge in [-0.05, 0) is 39.0 Å². The fourth-order valence-corrected chi connectivity index (χ4v) is 4.07. The van der Waals surface area contributed by atoms with E-state index in [-0.39, 0.29) is 11.9 Å². The van der Waals surface area contributed by atoms with E-state index in [1.807, 2.05) is 32.3 Å². The molecule has 1 unspecified atom stereocenters. The Hall–Kier alpha value is -3.13. The fraction of sp³-hybridized carbons (Fsp3) is 0.435. The number of hydrogen-bond donors (Lipinski definition) is 1. The van der Waals surface area contributed by atoms with Gasteiger partial charge in [0.2, 0.25) is 5.91 Å². The molecular weight excluding hydrogens is 390 g/mol. The molecule has 0 radical (unpaired) electrons. The molecule has 1 aliphatic rings. The van der Waals surface area contributed by atoms with Gasteiger partial charge in [-0.25, -0.2) is 9.97 Å². The van der Waals surface area contributed by atoms with Crippen LogP contribution in [0, 0.1) is 0 Å². The quantitative estimate of drug-likeness (QED) is 0.680. The second kappa shape index (κ2) is 8.55. The molecule has 1 fully saturated rings. The Morgan fingerprint density at radius 2 is 1.65 bits per heavy atom. The summed E-state index contributed by atoms with van der Waals surface area (Å²) in [6.07, 6.45) is 7.09. The predicted octanol–water partition coefficient (Wildman–Crippen LogP) is 2.67. The van der Waals surface area contributed by atoms with E-state index in [4.69, 9.17) is 0 Å². The van der Waals surface area contributed by atoms with Gasteiger partial charge >= 0.3 is 0 Å². The molecule has 8 nitrogen and oxygen atoms in total. The van der Waals surface area contributed by atoms with Gasteiger partial charge in [0.25, 0.3) is 0 Å². The Kier molecular flexibility index (Phi) is 5.82. The Morgan fingerprint density at radius 3 is 2.29 bits per heavy atom. The van der Waals surface area contributed by atoms with Crippen molar-refractivity contribution in [3.05, 3.63) is 54.4 Å². The van der Waals surface area contributed by atoms with Crippen LogP contribution in [0.4, 0.5) is 5.69 Å². The van der Waals surface area contributed by atoms with Crippen molar-refractivity contribution in [1.29, 1.82) is 0 Å². The van der Waals surface area contributed by atoms with Crippen LogP contribution in [0.2, 0.25) is 0 Å². The molecule has 3 heterocycles. The summed E-state index contributed by atoms with van der Waals surface area (Å²) < 4.78 is 0. The zero-order valence-corrected chi connectivity index (χ0v) is 18.5. The Labute approximate surface area is 182 Å². The number of nitrogens with zero attached hydrogens (tertiary/aromatic N) is 6. The number of nitrogens with one attached hydrogen (secondary N) is 1. The van der Waals surface area contributed by atoms with E-state index in [0.717, 1.165) is 48.6 Å². The summed E-state index contributed by atoms with van der Waals surface area (Å²) in [6.45, 7) is 11.3. The normalized spacial score (nSPS) is 16.3. The van der Waals surface area contributed by atoms with E-state index in [1.165, 1.54) is 12.6 Å². The van der Waals surface area contributed by atoms with Crippen LogP contribution in [0.5, 0.6) is 0 Å². The number of anilines is 1. The molecule has 8 heteroatoms. The van der Waals surface area contributed by atoms with Crippen molar-refractivity contribution in [2.24, 2.45) is 0 Å². The van der Waals surface area contributed by atoms with E-state index >= 15 is 0 Å². The average Bonchev–Trinajstić information content (AvgIpc) is 2.77. The van der Waals surface area contributed by atoms with E-state index in [1.54, 1.807) is 12.4 Å². The summed E-state index contributed by atoms with van der Waals surface area (Å²) >= 11 is 0. The van der Waals surface area contributed by atoms with Gasteiger partial charge in [0.1, 0.15) is 5.82 Å². The standard InChI is InChI=1S/C23H29N7O/c1-16(22-26-14-18(15-27-22)23(3,4)28-17(2)31)29-9-11-30(12-10-29)19-5-6-20-21(13-19)25-8-7-24-20/h5-8,13-16H,9-12H2,1-4H3,(H,28,31). The molecule has 162 valence electrons. The van der Waals surface area contributed by atoms with Crippen molar-refractivity contribution in [3.8, 4) is 0 Å². The smallest absolute Gasteiger partial charge is 0.217 e. The lowest BCUT2D eigenvalue weighted by Crippen LogP contribution is -2.47. The van der Waals surface area contributed by atoms with E-state index in [9.17, 15) is 4.79 Å². The van der Waals surface area contributed by atoms with E-state index in [0.29, 0.717) is 0 Å². The second-order valence-corrected chi connectivity index (χ2v) is 8.56. The summed E-state index contributed by atoms with van der Waals surface area (Å²) in [7, 11) is 0. The topological polar surface area (TPSA) is 87.1 Å². The minimum absolute atomic E-state index is 0.0706. The number of rotatable bonds is 5. The van der Waals surface area contributed by atoms with Gasteiger partial charge in [-0.3, -0.25) is 19.7 Å². The highest BCUT2D eigenvalue weighted by Crippen LogP contribution is 2.25. The van der Waals surface area contributed by atoms with Crippen molar-refractivity contribution in [3.63, 3.8) is 0 Å². The number of aromatic nitrogens is 4. The largest absolute Gasteiger partial charge is 0.369 e. The Bertz CT molecular complexity index is 1060. The van der Waals surface area contributed by atoms with Crippen molar-refractivity contribution >= 4 is 22.6 Å². The van der Waals surface area contributed by atoms with Gasteiger partial charge in [-0.2, -0.15) is 0 Å². The highest BCUT2D eigenvalue weighted by atomic mass is 16.1. The first-order chi connectivity index (χ1) is 14.8. The molecule has 31 heavy (non-hydrogen) atoms. The molecule has 1 aromatic carbocycles. The lowest BCUT2D eigenvalue weighted by atomic mass is 9.97. The summed E-state index contributed by atoms with van der Waals surface area (Å²) in [5.74, 6) is 0.732. The highest BCUT2D eigenvalue weighted by molar-refractivity contribution is 5.78. The zero-order valence-electron chi connectivity index (χ0n) is 18.5. The molecule has 0 bridgehead atoms. The number of benzene rings is 1. The zero-order chi connectivity index (χ0) is 22.0. The SMILES string of the molecule is CC(=O)NC(C)(C)c1cnc(C(C)N2CCN(c3ccc4nccnc4c3)CC2)nc1. The number of carbonyl (C=O) groups is 1. The maximum absolute atomic E-state index is 11.4. The molecule has 1 atom stereocenters. The van der Waals surface area contributed by atoms with E-state index in [2.05, 4.69) is 54.1 Å². The second-order valence-electron chi connectivity index (χ2n) is 8.56. The number of hydrogen-bond acceptors (Lipinski definition) is 7. The van der Waals surface area contributed by atoms with E-state index < -0.39 is 5.54 Å². The fourth-order valence-electron chi connectivity index (χ4n) is 4.07. The molecule has 2 aromatic heterocycles. The minimum atomic E-state index is -0.497. The van der Waals surface area contributed by atoms with Crippen LogP contribution in [0.3, 0.4) is 0 Å². The first-order valence-electron chi connectivity index (χ1n) is 10.6. The molecular formula is C23H29N7O. The Balaban J connectivity index is 1.39. The molecule has 0 aliphatic carbocycles. The molecule has 1 N–H and O–H groups in total. The molecule has 0 spiro atoms. The summed E-state index contributed by atoms with van der Waals surface area (Å²) in [6, 6.07) is 6.39. The van der Waals surface area contributed by atoms with Crippen molar-refractivity contribution in [2.75, 3.05) is 31.1 Å². The van der Waals surface area contributed by atoms with Crippen LogP contribution >= 0.6 is 0 Å². The van der Waals surface area contributed by atoms with Crippen LogP contribution < -0.4 is 10.2 Å². The lowest BCUT2D eigenvalue weighted by molar-refractivity contribution is -0.120. The molecule has 1 aliphatic heterocycles. The third kappa shape index (κ3) is 4.64. The number of amides is 1. The van der Waals surface area contributed by atoms with Crippen LogP contribution in [0.15, 0.2) is 43.0 Å². The molecule has 1 saturated heterocycles. The number of carbonyl (C=O) groups excluding carboxylic acids is 1. The van der Waals surface area contributed by atoms with Gasteiger partial charge in [0.05, 0.1) is 22.6 Å². The first kappa shape index (κ1) is 21.1. The molecule has 3 aromatic rings. The average molecular weight is 420 g/mol. The van der Waals surface area contributed by atoms with Gasteiger partial charge in [0.15, 0.2) is 0 Å². The minimum Gasteiger partial charge on any atom is -0.369 e. The van der Waals surface area contributed by atoms with Crippen LogP contribution in [0.1, 0.15) is 45.1 Å². The summed E-state index contributed by atoms with van der Waals surface area (Å²) in [5, 5.41) is 2.94. The van der Waals surface area contributed by atoms with Crippen LogP contribution in [-0.2, 0) is 10.3 Å². The lowest BCUT2D eigenvalue weighted by Gasteiger charge is -2.38. The molecule has 1 amide bonds. The predicted molar refractivity (Wildman–Crippen MR) is 121 cm³/mol. The van der Waals surface area contributed by atoms with Crippen LogP contribution in [-0.4, -0.2) is 56.9 Å². The monoisotopic (exact) mass is 419 g/mol. The van der Waals surface area contributed by atoms with Gasteiger partial charge in [-0.1, -0.05) is 0 Å². The third-order valence-corrected chi connectivity index (χ3v) is 5.94. The highest BCUT2D eigenvalue weighted by Gasteiger charge is 2.26. The maximum atomic E-state index is 11.4. The third-order valence-electron chi connectivity index (χ3n) is 5.94. The molecule has 0 saturated carbocycles.